The summed E-state index contributed by atoms with van der Waals surface area (Å²) < 4.78 is 6.04. The van der Waals surface area contributed by atoms with E-state index in [1.807, 2.05) is 0 Å². The van der Waals surface area contributed by atoms with E-state index in [1.54, 1.807) is 0 Å². The molecule has 0 bridgehead atoms. The Labute approximate surface area is 97.1 Å². The Kier molecular flexibility index (Phi) is 7.27. The summed E-state index contributed by atoms with van der Waals surface area (Å²) in [6.07, 6.45) is 6.27. The molecular weight excluding hydrogens is 223 g/mol. The van der Waals surface area contributed by atoms with Crippen LogP contribution >= 0.6 is 7.72 Å². The normalized spacial score (nSPS) is 13.2. The molecule has 0 saturated heterocycles. The third-order valence-electron chi connectivity index (χ3n) is 2.17. The molecular formula is C11H28O2PSi+. The van der Waals surface area contributed by atoms with Gasteiger partial charge in [-0.15, -0.1) is 0 Å². The zero-order valence-electron chi connectivity index (χ0n) is 11.0. The van der Waals surface area contributed by atoms with Crippen molar-refractivity contribution in [1.82, 2.24) is 0 Å². The van der Waals surface area contributed by atoms with Crippen molar-refractivity contribution in [1.29, 1.82) is 0 Å². The van der Waals surface area contributed by atoms with E-state index in [1.165, 1.54) is 0 Å². The quantitative estimate of drug-likeness (QED) is 0.515. The Bertz CT molecular complexity index is 160. The van der Waals surface area contributed by atoms with Crippen LogP contribution in [-0.2, 0) is 4.21 Å². The molecule has 0 fully saturated rings. The van der Waals surface area contributed by atoms with Crippen LogP contribution in [0.25, 0.3) is 0 Å². The van der Waals surface area contributed by atoms with Crippen molar-refractivity contribution in [3.63, 3.8) is 0 Å². The minimum Gasteiger partial charge on any atom is -0.255 e. The van der Waals surface area contributed by atoms with Crippen molar-refractivity contribution in [2.45, 2.75) is 59.2 Å². The lowest BCUT2D eigenvalue weighted by Crippen LogP contribution is -2.27. The minimum absolute atomic E-state index is 0.897. The lowest BCUT2D eigenvalue weighted by Gasteiger charge is -2.25. The molecule has 0 heterocycles. The second kappa shape index (κ2) is 7.00. The molecule has 0 saturated carbocycles. The van der Waals surface area contributed by atoms with E-state index >= 15 is 0 Å². The van der Waals surface area contributed by atoms with Gasteiger partial charge in [-0.2, -0.15) is 0 Å². The van der Waals surface area contributed by atoms with Gasteiger partial charge in [0.25, 0.3) is 7.72 Å². The molecule has 0 unspecified atom stereocenters. The topological polar surface area (TPSA) is 29.5 Å². The van der Waals surface area contributed by atoms with Gasteiger partial charge in [0.2, 0.25) is 8.32 Å². The molecule has 0 atom stereocenters. The van der Waals surface area contributed by atoms with E-state index in [9.17, 15) is 4.89 Å². The van der Waals surface area contributed by atoms with Gasteiger partial charge in [0, 0.05) is 0 Å². The molecule has 0 aliphatic heterocycles. The zero-order valence-corrected chi connectivity index (χ0v) is 12.9. The Hall–Kier alpha value is 0.567. The second-order valence-electron chi connectivity index (χ2n) is 5.20. The summed E-state index contributed by atoms with van der Waals surface area (Å²) in [5, 5.41) is 0. The predicted molar refractivity (Wildman–Crippen MR) is 73.1 cm³/mol. The van der Waals surface area contributed by atoms with Crippen molar-refractivity contribution >= 4 is 16.0 Å². The Morgan fingerprint density at radius 3 is 1.67 bits per heavy atom. The molecule has 0 radical (unpaired) electrons. The van der Waals surface area contributed by atoms with Gasteiger partial charge in [0.15, 0.2) is 0 Å². The van der Waals surface area contributed by atoms with Crippen molar-refractivity contribution in [3.05, 3.63) is 0 Å². The molecule has 0 aliphatic carbocycles. The first-order valence-corrected chi connectivity index (χ1v) is 11.6. The molecule has 0 spiro atoms. The van der Waals surface area contributed by atoms with Crippen molar-refractivity contribution in [2.75, 3.05) is 12.3 Å². The average molecular weight is 251 g/mol. The zero-order chi connectivity index (χ0) is 11.9. The van der Waals surface area contributed by atoms with E-state index in [4.69, 9.17) is 4.21 Å². The summed E-state index contributed by atoms with van der Waals surface area (Å²) in [7, 11) is -3.66. The molecule has 4 heteroatoms. The van der Waals surface area contributed by atoms with Gasteiger partial charge < -0.3 is 0 Å². The number of unbranched alkanes of at least 4 members (excludes halogenated alkanes) is 2. The molecule has 1 N–H and O–H groups in total. The van der Waals surface area contributed by atoms with Gasteiger partial charge >= 0.3 is 0 Å². The first-order valence-electron chi connectivity index (χ1n) is 6.13. The van der Waals surface area contributed by atoms with Crippen LogP contribution in [0.5, 0.6) is 0 Å². The Morgan fingerprint density at radius 2 is 1.40 bits per heavy atom. The Morgan fingerprint density at radius 1 is 1.00 bits per heavy atom. The second-order valence-corrected chi connectivity index (χ2v) is 12.7. The van der Waals surface area contributed by atoms with Crippen molar-refractivity contribution in [2.24, 2.45) is 0 Å². The fourth-order valence-electron chi connectivity index (χ4n) is 1.52. The lowest BCUT2D eigenvalue weighted by atomic mass is 10.4. The largest absolute Gasteiger partial charge is 0.256 e. The molecule has 0 aromatic carbocycles. The highest BCUT2D eigenvalue weighted by atomic mass is 31.2. The van der Waals surface area contributed by atoms with Crippen LogP contribution in [0.2, 0.25) is 19.6 Å². The minimum atomic E-state index is -2.06. The molecule has 0 rings (SSSR count). The molecule has 0 aliphatic rings. The SMILES string of the molecule is CCCC[P+](O)(CCCC)O[Si](C)(C)C. The molecule has 2 nitrogen and oxygen atoms in total. The van der Waals surface area contributed by atoms with Gasteiger partial charge in [0.05, 0.1) is 0 Å². The highest BCUT2D eigenvalue weighted by Gasteiger charge is 2.41. The average Bonchev–Trinajstić information content (AvgIpc) is 2.09. The predicted octanol–water partition coefficient (Wildman–Crippen LogP) is 4.28. The maximum absolute atomic E-state index is 10.5. The van der Waals surface area contributed by atoms with E-state index in [-0.39, 0.29) is 0 Å². The van der Waals surface area contributed by atoms with E-state index in [2.05, 4.69) is 33.5 Å². The van der Waals surface area contributed by atoms with Crippen LogP contribution in [0.4, 0.5) is 0 Å². The number of hydrogen-bond donors (Lipinski definition) is 1. The monoisotopic (exact) mass is 251 g/mol. The molecule has 92 valence electrons. The molecule has 0 amide bonds. The summed E-state index contributed by atoms with van der Waals surface area (Å²) >= 11 is 0. The maximum atomic E-state index is 10.5. The first-order chi connectivity index (χ1) is 6.83. The number of rotatable bonds is 8. The fraction of sp³-hybridized carbons (Fsp3) is 1.00. The summed E-state index contributed by atoms with van der Waals surface area (Å²) in [4.78, 5) is 10.5. The highest BCUT2D eigenvalue weighted by Crippen LogP contribution is 2.58. The Balaban J connectivity index is 4.26. The smallest absolute Gasteiger partial charge is 0.255 e. The van der Waals surface area contributed by atoms with E-state index < -0.39 is 16.0 Å². The number of hydrogen-bond acceptors (Lipinski definition) is 2. The van der Waals surface area contributed by atoms with Crippen LogP contribution in [0.1, 0.15) is 39.5 Å². The third kappa shape index (κ3) is 8.38. The van der Waals surface area contributed by atoms with Crippen LogP contribution in [0, 0.1) is 0 Å². The van der Waals surface area contributed by atoms with Gasteiger partial charge in [-0.1, -0.05) is 26.7 Å². The lowest BCUT2D eigenvalue weighted by molar-refractivity contribution is 0.448. The maximum Gasteiger partial charge on any atom is 0.256 e. The third-order valence-corrected chi connectivity index (χ3v) is 7.75. The van der Waals surface area contributed by atoms with Crippen molar-refractivity contribution < 1.29 is 9.11 Å². The summed E-state index contributed by atoms with van der Waals surface area (Å²) in [6.45, 7) is 10.8. The van der Waals surface area contributed by atoms with E-state index in [0.29, 0.717) is 0 Å². The van der Waals surface area contributed by atoms with Crippen LogP contribution in [0.15, 0.2) is 0 Å². The standard InChI is InChI=1S/C11H28O2PSi/c1-6-8-10-14(12,11-9-7-2)13-15(3,4)5/h12H,6-11H2,1-5H3/q+1. The molecule has 0 aromatic heterocycles. The van der Waals surface area contributed by atoms with Crippen molar-refractivity contribution in [3.8, 4) is 0 Å². The van der Waals surface area contributed by atoms with Crippen LogP contribution in [0.3, 0.4) is 0 Å². The van der Waals surface area contributed by atoms with Gasteiger partial charge in [-0.05, 0) is 32.5 Å². The summed E-state index contributed by atoms with van der Waals surface area (Å²) in [6, 6.07) is 0. The van der Waals surface area contributed by atoms with Gasteiger partial charge in [-0.3, -0.25) is 4.21 Å². The molecule has 15 heavy (non-hydrogen) atoms. The van der Waals surface area contributed by atoms with Crippen LogP contribution in [-0.4, -0.2) is 25.5 Å². The molecule has 0 aromatic rings. The van der Waals surface area contributed by atoms with Gasteiger partial charge in [-0.25, -0.2) is 4.89 Å². The highest BCUT2D eigenvalue weighted by molar-refractivity contribution is 7.66. The van der Waals surface area contributed by atoms with E-state index in [0.717, 1.165) is 38.0 Å². The van der Waals surface area contributed by atoms with Gasteiger partial charge in [0.1, 0.15) is 12.3 Å². The fourth-order valence-corrected chi connectivity index (χ4v) is 8.18. The summed E-state index contributed by atoms with van der Waals surface area (Å²) in [5.41, 5.74) is 0. The summed E-state index contributed by atoms with van der Waals surface area (Å²) in [5.74, 6) is 0. The van der Waals surface area contributed by atoms with Crippen LogP contribution < -0.4 is 0 Å². The first kappa shape index (κ1) is 15.6.